The minimum atomic E-state index is -1.02. The van der Waals surface area contributed by atoms with Crippen LogP contribution in [0.2, 0.25) is 0 Å². The number of hydrogen-bond donors (Lipinski definition) is 5. The first kappa shape index (κ1) is 24.1. The highest BCUT2D eigenvalue weighted by Crippen LogP contribution is 2.32. The van der Waals surface area contributed by atoms with Crippen molar-refractivity contribution in [3.8, 4) is 22.9 Å². The molecule has 0 saturated carbocycles. The minimum absolute atomic E-state index is 0.153. The molecule has 4 aromatic rings. The second-order valence-corrected chi connectivity index (χ2v) is 7.62. The number of fused-ring (bicyclic) bond motifs is 1. The minimum Gasteiger partial charge on any atom is -0.493 e. The molecule has 1 aromatic heterocycles. The molecule has 5 N–H and O–H groups in total. The highest BCUT2D eigenvalue weighted by molar-refractivity contribution is 5.93. The summed E-state index contributed by atoms with van der Waals surface area (Å²) in [7, 11) is 1.46. The number of aromatic carboxylic acids is 1. The number of H-pyrrole nitrogens is 1. The summed E-state index contributed by atoms with van der Waals surface area (Å²) in [6, 6.07) is 18.4. The Kier molecular flexibility index (Phi) is 7.30. The van der Waals surface area contributed by atoms with E-state index in [0.717, 1.165) is 5.56 Å². The van der Waals surface area contributed by atoms with Gasteiger partial charge in [0.1, 0.15) is 5.82 Å². The molecule has 0 fully saturated rings. The quantitative estimate of drug-likeness (QED) is 0.238. The second-order valence-electron chi connectivity index (χ2n) is 7.62. The standard InChI is InChI=1S/C25H23N5O6/c1-35-21-12-16(23-27-18-9-7-17(24(32)33)11-19(18)28-23)8-10-20(21)36-14-22(31)29-30-25(34)26-13-15-5-3-2-4-6-15/h2-12H,13-14H2,1H3,(H,27,28)(H,29,31)(H,32,33)(H2,26,30,34). The third-order valence-corrected chi connectivity index (χ3v) is 5.14. The molecular formula is C25H23N5O6. The Bertz CT molecular complexity index is 1400. The van der Waals surface area contributed by atoms with Gasteiger partial charge in [-0.1, -0.05) is 30.3 Å². The molecular weight excluding hydrogens is 466 g/mol. The summed E-state index contributed by atoms with van der Waals surface area (Å²) in [6.45, 7) is -0.0498. The maximum absolute atomic E-state index is 12.1. The number of ether oxygens (including phenoxy) is 2. The van der Waals surface area contributed by atoms with Crippen molar-refractivity contribution in [1.29, 1.82) is 0 Å². The zero-order valence-electron chi connectivity index (χ0n) is 19.2. The first-order chi connectivity index (χ1) is 17.4. The first-order valence-corrected chi connectivity index (χ1v) is 10.8. The van der Waals surface area contributed by atoms with Gasteiger partial charge in [-0.3, -0.25) is 10.2 Å². The van der Waals surface area contributed by atoms with Crippen molar-refractivity contribution in [2.45, 2.75) is 6.54 Å². The molecule has 0 atom stereocenters. The third-order valence-electron chi connectivity index (χ3n) is 5.14. The van der Waals surface area contributed by atoms with Gasteiger partial charge in [-0.15, -0.1) is 0 Å². The molecule has 4 rings (SSSR count). The predicted molar refractivity (Wildman–Crippen MR) is 130 cm³/mol. The molecule has 0 saturated heterocycles. The van der Waals surface area contributed by atoms with Gasteiger partial charge in [0.15, 0.2) is 18.1 Å². The van der Waals surface area contributed by atoms with Crippen molar-refractivity contribution < 1.29 is 29.0 Å². The SMILES string of the molecule is COc1cc(-c2nc3ccc(C(=O)O)cc3[nH]2)ccc1OCC(=O)NNC(=O)NCc1ccccc1. The van der Waals surface area contributed by atoms with Crippen LogP contribution in [0.5, 0.6) is 11.5 Å². The molecule has 1 heterocycles. The molecule has 0 radical (unpaired) electrons. The number of benzene rings is 3. The number of rotatable bonds is 8. The summed E-state index contributed by atoms with van der Waals surface area (Å²) in [4.78, 5) is 42.7. The van der Waals surface area contributed by atoms with Crippen molar-refractivity contribution in [2.75, 3.05) is 13.7 Å². The Hall–Kier alpha value is -5.06. The number of methoxy groups -OCH3 is 1. The first-order valence-electron chi connectivity index (χ1n) is 10.8. The number of carboxylic acids is 1. The van der Waals surface area contributed by atoms with Crippen LogP contribution in [0.1, 0.15) is 15.9 Å². The van der Waals surface area contributed by atoms with Crippen LogP contribution >= 0.6 is 0 Å². The maximum Gasteiger partial charge on any atom is 0.335 e. The Balaban J connectivity index is 1.33. The lowest BCUT2D eigenvalue weighted by atomic mass is 10.2. The summed E-state index contributed by atoms with van der Waals surface area (Å²) in [5.74, 6) is -0.402. The van der Waals surface area contributed by atoms with Gasteiger partial charge in [0.05, 0.1) is 23.7 Å². The molecule has 0 aliphatic rings. The Morgan fingerprint density at radius 3 is 2.53 bits per heavy atom. The van der Waals surface area contributed by atoms with Crippen LogP contribution in [-0.2, 0) is 11.3 Å². The van der Waals surface area contributed by atoms with Crippen molar-refractivity contribution in [3.63, 3.8) is 0 Å². The number of nitrogens with one attached hydrogen (secondary N) is 4. The molecule has 11 nitrogen and oxygen atoms in total. The van der Waals surface area contributed by atoms with Gasteiger partial charge in [-0.05, 0) is 42.0 Å². The second kappa shape index (κ2) is 10.9. The summed E-state index contributed by atoms with van der Waals surface area (Å²) >= 11 is 0. The van der Waals surface area contributed by atoms with Gasteiger partial charge in [0.25, 0.3) is 5.91 Å². The van der Waals surface area contributed by atoms with E-state index in [0.29, 0.717) is 40.5 Å². The molecule has 0 unspecified atom stereocenters. The van der Waals surface area contributed by atoms with E-state index in [1.54, 1.807) is 24.3 Å². The number of imidazole rings is 1. The number of amides is 3. The highest BCUT2D eigenvalue weighted by Gasteiger charge is 2.13. The number of hydrogen-bond acceptors (Lipinski definition) is 6. The van der Waals surface area contributed by atoms with Crippen molar-refractivity contribution in [3.05, 3.63) is 77.9 Å². The molecule has 36 heavy (non-hydrogen) atoms. The lowest BCUT2D eigenvalue weighted by Gasteiger charge is -2.12. The Labute approximate surface area is 205 Å². The number of nitrogens with zero attached hydrogens (tertiary/aromatic N) is 1. The largest absolute Gasteiger partial charge is 0.493 e. The van der Waals surface area contributed by atoms with Gasteiger partial charge in [-0.2, -0.15) is 0 Å². The molecule has 0 spiro atoms. The monoisotopic (exact) mass is 489 g/mol. The highest BCUT2D eigenvalue weighted by atomic mass is 16.5. The lowest BCUT2D eigenvalue weighted by Crippen LogP contribution is -2.48. The number of aromatic amines is 1. The number of hydrazine groups is 1. The molecule has 184 valence electrons. The van der Waals surface area contributed by atoms with Crippen LogP contribution in [-0.4, -0.2) is 46.7 Å². The van der Waals surface area contributed by atoms with E-state index < -0.39 is 17.9 Å². The van der Waals surface area contributed by atoms with Crippen molar-refractivity contribution >= 4 is 28.9 Å². The number of carbonyl (C=O) groups is 3. The van der Waals surface area contributed by atoms with Crippen LogP contribution in [0.3, 0.4) is 0 Å². The fourth-order valence-electron chi connectivity index (χ4n) is 3.34. The van der Waals surface area contributed by atoms with Crippen LogP contribution in [0.15, 0.2) is 66.7 Å². The van der Waals surface area contributed by atoms with E-state index in [1.165, 1.54) is 19.2 Å². The normalized spacial score (nSPS) is 10.5. The van der Waals surface area contributed by atoms with Gasteiger partial charge < -0.3 is 24.9 Å². The third kappa shape index (κ3) is 5.89. The zero-order valence-corrected chi connectivity index (χ0v) is 19.2. The van der Waals surface area contributed by atoms with Gasteiger partial charge in [0, 0.05) is 12.1 Å². The van der Waals surface area contributed by atoms with E-state index >= 15 is 0 Å². The number of carbonyl (C=O) groups excluding carboxylic acids is 2. The fraction of sp³-hybridized carbons (Fsp3) is 0.120. The van der Waals surface area contributed by atoms with Crippen LogP contribution in [0.4, 0.5) is 4.79 Å². The van der Waals surface area contributed by atoms with Gasteiger partial charge in [0.2, 0.25) is 0 Å². The van der Waals surface area contributed by atoms with Crippen LogP contribution in [0.25, 0.3) is 22.4 Å². The summed E-state index contributed by atoms with van der Waals surface area (Å²) in [5.41, 5.74) is 7.48. The molecule has 0 bridgehead atoms. The van der Waals surface area contributed by atoms with Crippen molar-refractivity contribution in [1.82, 2.24) is 26.1 Å². The van der Waals surface area contributed by atoms with Gasteiger partial charge in [-0.25, -0.2) is 20.0 Å². The van der Waals surface area contributed by atoms with E-state index in [-0.39, 0.29) is 12.2 Å². The zero-order chi connectivity index (χ0) is 25.5. The van der Waals surface area contributed by atoms with Crippen LogP contribution in [0, 0.1) is 0 Å². The van der Waals surface area contributed by atoms with E-state index in [1.807, 2.05) is 30.3 Å². The smallest absolute Gasteiger partial charge is 0.335 e. The van der Waals surface area contributed by atoms with Crippen LogP contribution < -0.4 is 25.6 Å². The summed E-state index contributed by atoms with van der Waals surface area (Å²) in [6.07, 6.45) is 0. The van der Waals surface area contributed by atoms with Gasteiger partial charge >= 0.3 is 12.0 Å². The van der Waals surface area contributed by atoms with E-state index in [2.05, 4.69) is 26.1 Å². The van der Waals surface area contributed by atoms with E-state index in [9.17, 15) is 14.4 Å². The molecule has 0 aliphatic heterocycles. The fourth-order valence-corrected chi connectivity index (χ4v) is 3.34. The average molecular weight is 489 g/mol. The summed E-state index contributed by atoms with van der Waals surface area (Å²) in [5, 5.41) is 11.8. The van der Waals surface area contributed by atoms with E-state index in [4.69, 9.17) is 14.6 Å². The Morgan fingerprint density at radius 1 is 0.972 bits per heavy atom. The number of urea groups is 1. The van der Waals surface area contributed by atoms with Crippen molar-refractivity contribution in [2.24, 2.45) is 0 Å². The number of carboxylic acid groups (broad SMARTS) is 1. The maximum atomic E-state index is 12.1. The Morgan fingerprint density at radius 2 is 1.78 bits per heavy atom. The summed E-state index contributed by atoms with van der Waals surface area (Å²) < 4.78 is 10.9. The molecule has 0 aliphatic carbocycles. The molecule has 11 heteroatoms. The topological polar surface area (TPSA) is 155 Å². The number of aromatic nitrogens is 2. The molecule has 3 aromatic carbocycles. The average Bonchev–Trinajstić information content (AvgIpc) is 3.33. The lowest BCUT2D eigenvalue weighted by molar-refractivity contribution is -0.123. The molecule has 3 amide bonds. The predicted octanol–water partition coefficient (Wildman–Crippen LogP) is 2.85.